The van der Waals surface area contributed by atoms with Crippen LogP contribution in [-0.2, 0) is 9.47 Å². The molecule has 6 heteroatoms. The molecule has 0 radical (unpaired) electrons. The number of hydrogen-bond acceptors (Lipinski definition) is 6. The van der Waals surface area contributed by atoms with E-state index in [-0.39, 0.29) is 11.1 Å². The van der Waals surface area contributed by atoms with Crippen molar-refractivity contribution in [3.05, 3.63) is 35.4 Å². The predicted molar refractivity (Wildman–Crippen MR) is 74.2 cm³/mol. The Morgan fingerprint density at radius 1 is 0.944 bits per heavy atom. The zero-order chi connectivity index (χ0) is 13.7. The van der Waals surface area contributed by atoms with E-state index in [1.54, 1.807) is 26.0 Å². The van der Waals surface area contributed by atoms with Crippen LogP contribution in [0.25, 0.3) is 0 Å². The van der Waals surface area contributed by atoms with Gasteiger partial charge in [-0.2, -0.15) is 0 Å². The van der Waals surface area contributed by atoms with Gasteiger partial charge < -0.3 is 9.47 Å². The summed E-state index contributed by atoms with van der Waals surface area (Å²) < 4.78 is 9.86. The lowest BCUT2D eigenvalue weighted by atomic mass is 10.1. The fourth-order valence-corrected chi connectivity index (χ4v) is 1.47. The van der Waals surface area contributed by atoms with Crippen LogP contribution in [0.5, 0.6) is 0 Å². The van der Waals surface area contributed by atoms with Crippen molar-refractivity contribution in [2.45, 2.75) is 24.7 Å². The number of ether oxygens (including phenoxy) is 2. The Bertz CT molecular complexity index is 402. The van der Waals surface area contributed by atoms with E-state index in [9.17, 15) is 9.59 Å². The van der Waals surface area contributed by atoms with Gasteiger partial charge in [0.2, 0.25) is 0 Å². The molecule has 2 unspecified atom stereocenters. The van der Waals surface area contributed by atoms with Gasteiger partial charge in [-0.3, -0.25) is 0 Å². The Morgan fingerprint density at radius 2 is 1.28 bits per heavy atom. The average molecular weight is 286 g/mol. The zero-order valence-corrected chi connectivity index (χ0v) is 11.8. The van der Waals surface area contributed by atoms with Crippen molar-refractivity contribution in [2.24, 2.45) is 0 Å². The predicted octanol–water partition coefficient (Wildman–Crippen LogP) is 2.55. The Kier molecular flexibility index (Phi) is 5.55. The fraction of sp³-hybridized carbons (Fsp3) is 0.333. The summed E-state index contributed by atoms with van der Waals surface area (Å²) in [6.07, 6.45) is 0. The van der Waals surface area contributed by atoms with Crippen molar-refractivity contribution in [1.29, 1.82) is 0 Å². The van der Waals surface area contributed by atoms with Gasteiger partial charge in [-0.1, -0.05) is 12.1 Å². The average Bonchev–Trinajstić information content (AvgIpc) is 2.27. The summed E-state index contributed by atoms with van der Waals surface area (Å²) in [4.78, 5) is 23.5. The first-order chi connectivity index (χ1) is 8.41. The van der Waals surface area contributed by atoms with E-state index in [2.05, 4.69) is 25.3 Å². The lowest BCUT2D eigenvalue weighted by Crippen LogP contribution is -2.17. The number of thiol groups is 2. The molecule has 1 rings (SSSR count). The van der Waals surface area contributed by atoms with Crippen LogP contribution in [0, 0.1) is 0 Å². The molecule has 0 N–H and O–H groups in total. The molecule has 1 aromatic carbocycles. The molecule has 0 heterocycles. The van der Waals surface area contributed by atoms with Crippen LogP contribution in [0.1, 0.15) is 34.6 Å². The van der Waals surface area contributed by atoms with Crippen LogP contribution in [0.4, 0.5) is 0 Å². The van der Waals surface area contributed by atoms with Crippen LogP contribution >= 0.6 is 25.3 Å². The number of hydrogen-bond donors (Lipinski definition) is 2. The quantitative estimate of drug-likeness (QED) is 0.507. The molecule has 0 saturated heterocycles. The Morgan fingerprint density at radius 3 is 1.56 bits per heavy atom. The molecular weight excluding hydrogens is 272 g/mol. The maximum atomic E-state index is 11.8. The molecule has 0 bridgehead atoms. The van der Waals surface area contributed by atoms with Gasteiger partial charge in [0.25, 0.3) is 0 Å². The first-order valence-electron chi connectivity index (χ1n) is 5.29. The van der Waals surface area contributed by atoms with E-state index < -0.39 is 22.8 Å². The van der Waals surface area contributed by atoms with Gasteiger partial charge in [-0.25, -0.2) is 9.59 Å². The van der Waals surface area contributed by atoms with Crippen LogP contribution < -0.4 is 0 Å². The van der Waals surface area contributed by atoms with Gasteiger partial charge in [0.05, 0.1) is 11.1 Å². The summed E-state index contributed by atoms with van der Waals surface area (Å²) in [6, 6.07) is 6.28. The number of carbonyl (C=O) groups is 2. The number of rotatable bonds is 4. The van der Waals surface area contributed by atoms with Crippen molar-refractivity contribution in [1.82, 2.24) is 0 Å². The first-order valence-corrected chi connectivity index (χ1v) is 6.32. The molecule has 0 saturated carbocycles. The van der Waals surface area contributed by atoms with Gasteiger partial charge >= 0.3 is 11.9 Å². The fourth-order valence-electron chi connectivity index (χ4n) is 1.28. The number of esters is 2. The molecule has 18 heavy (non-hydrogen) atoms. The lowest BCUT2D eigenvalue weighted by Gasteiger charge is -2.12. The normalized spacial score (nSPS) is 13.6. The second-order valence-electron chi connectivity index (χ2n) is 3.55. The van der Waals surface area contributed by atoms with Crippen LogP contribution in [-0.4, -0.2) is 22.8 Å². The molecule has 0 aliphatic carbocycles. The summed E-state index contributed by atoms with van der Waals surface area (Å²) >= 11 is 7.92. The van der Waals surface area contributed by atoms with Crippen molar-refractivity contribution in [3.8, 4) is 0 Å². The maximum absolute atomic E-state index is 11.8. The second-order valence-corrected chi connectivity index (χ2v) is 5.01. The Labute approximate surface area is 116 Å². The molecule has 98 valence electrons. The Hall–Kier alpha value is -1.14. The molecule has 1 aromatic rings. The monoisotopic (exact) mass is 286 g/mol. The maximum Gasteiger partial charge on any atom is 0.340 e. The minimum absolute atomic E-state index is 0.150. The SMILES string of the molecule is CC(S)OC(=O)c1ccccc1C(=O)OC(C)S. The third kappa shape index (κ3) is 4.27. The summed E-state index contributed by atoms with van der Waals surface area (Å²) in [7, 11) is 0. The van der Waals surface area contributed by atoms with Gasteiger partial charge in [0.15, 0.2) is 0 Å². The van der Waals surface area contributed by atoms with E-state index >= 15 is 0 Å². The molecule has 0 fully saturated rings. The zero-order valence-electron chi connectivity index (χ0n) is 9.99. The van der Waals surface area contributed by atoms with Gasteiger partial charge in [-0.05, 0) is 26.0 Å². The van der Waals surface area contributed by atoms with Crippen molar-refractivity contribution in [3.63, 3.8) is 0 Å². The minimum Gasteiger partial charge on any atom is -0.448 e. The van der Waals surface area contributed by atoms with E-state index in [0.29, 0.717) is 0 Å². The van der Waals surface area contributed by atoms with Crippen LogP contribution in [0.15, 0.2) is 24.3 Å². The molecule has 0 amide bonds. The van der Waals surface area contributed by atoms with Crippen LogP contribution in [0.2, 0.25) is 0 Å². The van der Waals surface area contributed by atoms with Gasteiger partial charge in [0, 0.05) is 0 Å². The highest BCUT2D eigenvalue weighted by Gasteiger charge is 2.20. The third-order valence-electron chi connectivity index (χ3n) is 1.92. The molecule has 4 nitrogen and oxygen atoms in total. The van der Waals surface area contributed by atoms with E-state index in [1.165, 1.54) is 12.1 Å². The smallest absolute Gasteiger partial charge is 0.340 e. The first kappa shape index (κ1) is 14.9. The summed E-state index contributed by atoms with van der Waals surface area (Å²) in [5, 5.41) is 0. The minimum atomic E-state index is -0.614. The molecule has 0 aliphatic rings. The largest absolute Gasteiger partial charge is 0.448 e. The molecular formula is C12H14O4S2. The van der Waals surface area contributed by atoms with Crippen molar-refractivity contribution in [2.75, 3.05) is 0 Å². The van der Waals surface area contributed by atoms with E-state index in [1.807, 2.05) is 0 Å². The van der Waals surface area contributed by atoms with Crippen molar-refractivity contribution < 1.29 is 19.1 Å². The van der Waals surface area contributed by atoms with Crippen molar-refractivity contribution >= 4 is 37.2 Å². The molecule has 2 atom stereocenters. The van der Waals surface area contributed by atoms with Crippen LogP contribution in [0.3, 0.4) is 0 Å². The highest BCUT2D eigenvalue weighted by atomic mass is 32.1. The van der Waals surface area contributed by atoms with E-state index in [4.69, 9.17) is 9.47 Å². The summed E-state index contributed by atoms with van der Waals surface area (Å²) in [5.41, 5.74) is -0.800. The lowest BCUT2D eigenvalue weighted by molar-refractivity contribution is 0.0436. The van der Waals surface area contributed by atoms with Gasteiger partial charge in [0.1, 0.15) is 10.9 Å². The molecule has 0 aliphatic heterocycles. The number of carbonyl (C=O) groups excluding carboxylic acids is 2. The highest BCUT2D eigenvalue weighted by Crippen LogP contribution is 2.14. The molecule has 0 aromatic heterocycles. The molecule has 0 spiro atoms. The Balaban J connectivity index is 2.99. The third-order valence-corrected chi connectivity index (χ3v) is 2.13. The number of benzene rings is 1. The topological polar surface area (TPSA) is 52.6 Å². The van der Waals surface area contributed by atoms with Gasteiger partial charge in [-0.15, -0.1) is 25.3 Å². The highest BCUT2D eigenvalue weighted by molar-refractivity contribution is 7.80. The summed E-state index contributed by atoms with van der Waals surface area (Å²) in [5.74, 6) is -1.23. The summed E-state index contributed by atoms with van der Waals surface area (Å²) in [6.45, 7) is 3.22. The van der Waals surface area contributed by atoms with E-state index in [0.717, 1.165) is 0 Å². The standard InChI is InChI=1S/C12H14O4S2/c1-7(17)15-11(13)9-5-3-4-6-10(9)12(14)16-8(2)18/h3-8,17-18H,1-2H3. The second kappa shape index (κ2) is 6.70.